The fraction of sp³-hybridized carbons (Fsp3) is 0.529. The Bertz CT molecular complexity index is 875. The molecule has 2 aliphatic rings. The lowest BCUT2D eigenvalue weighted by Crippen LogP contribution is -2.35. The molecule has 0 aliphatic heterocycles. The van der Waals surface area contributed by atoms with E-state index in [4.69, 9.17) is 0 Å². The van der Waals surface area contributed by atoms with E-state index >= 15 is 0 Å². The van der Waals surface area contributed by atoms with Crippen LogP contribution in [0.2, 0.25) is 0 Å². The maximum absolute atomic E-state index is 12.8. The van der Waals surface area contributed by atoms with Crippen molar-refractivity contribution in [3.63, 3.8) is 0 Å². The van der Waals surface area contributed by atoms with Gasteiger partial charge in [-0.15, -0.1) is 0 Å². The second-order valence-corrected chi connectivity index (χ2v) is 8.72. The van der Waals surface area contributed by atoms with Crippen LogP contribution in [0.25, 0.3) is 11.0 Å². The van der Waals surface area contributed by atoms with Crippen LogP contribution in [0.3, 0.4) is 0 Å². The summed E-state index contributed by atoms with van der Waals surface area (Å²) in [6.07, 6.45) is 2.03. The molecule has 7 heteroatoms. The Morgan fingerprint density at radius 2 is 2.12 bits per heavy atom. The minimum Gasteiger partial charge on any atom is -0.333 e. The third kappa shape index (κ3) is 1.90. The monoisotopic (exact) mass is 345 g/mol. The van der Waals surface area contributed by atoms with Crippen molar-refractivity contribution >= 4 is 34.3 Å². The van der Waals surface area contributed by atoms with Gasteiger partial charge in [0.25, 0.3) is 5.69 Å². The molecule has 1 heterocycles. The quantitative estimate of drug-likeness (QED) is 0.672. The van der Waals surface area contributed by atoms with Crippen molar-refractivity contribution in [3.8, 4) is 0 Å². The number of Topliss-reactive ketones (excluding diaryl/α,β-unsaturated/α-hetero) is 1. The number of nitrogens with zero attached hydrogens (tertiary/aromatic N) is 2. The Balaban J connectivity index is 1.68. The number of H-pyrrole nitrogens is 1. The lowest BCUT2D eigenvalue weighted by Gasteiger charge is -2.37. The van der Waals surface area contributed by atoms with Gasteiger partial charge >= 0.3 is 0 Å². The van der Waals surface area contributed by atoms with E-state index in [0.717, 1.165) is 12.8 Å². The fourth-order valence-electron chi connectivity index (χ4n) is 4.43. The van der Waals surface area contributed by atoms with Crippen LogP contribution in [0.4, 0.5) is 5.69 Å². The fourth-order valence-corrected chi connectivity index (χ4v) is 5.94. The Morgan fingerprint density at radius 3 is 2.75 bits per heavy atom. The van der Waals surface area contributed by atoms with Crippen LogP contribution in [0.1, 0.15) is 33.6 Å². The van der Waals surface area contributed by atoms with Crippen LogP contribution in [-0.2, 0) is 4.79 Å². The minimum atomic E-state index is -0.421. The van der Waals surface area contributed by atoms with Crippen LogP contribution >= 0.6 is 11.8 Å². The molecule has 0 amide bonds. The summed E-state index contributed by atoms with van der Waals surface area (Å²) in [4.78, 5) is 30.9. The van der Waals surface area contributed by atoms with Gasteiger partial charge in [0.2, 0.25) is 0 Å². The van der Waals surface area contributed by atoms with Gasteiger partial charge in [-0.3, -0.25) is 14.9 Å². The summed E-state index contributed by atoms with van der Waals surface area (Å²) in [5.74, 6) is 0.454. The number of nitrogens with one attached hydrogen (secondary N) is 1. The molecule has 0 saturated heterocycles. The second-order valence-electron chi connectivity index (χ2n) is 7.63. The number of imidazole rings is 1. The number of rotatable bonds is 3. The molecule has 24 heavy (non-hydrogen) atoms. The third-order valence-electron chi connectivity index (χ3n) is 6.36. The van der Waals surface area contributed by atoms with Gasteiger partial charge in [0.05, 0.1) is 21.2 Å². The van der Waals surface area contributed by atoms with Crippen LogP contribution in [0, 0.1) is 26.9 Å². The smallest absolute Gasteiger partial charge is 0.271 e. The van der Waals surface area contributed by atoms with Crippen LogP contribution in [-0.4, -0.2) is 25.9 Å². The Kier molecular flexibility index (Phi) is 3.13. The number of carbonyl (C=O) groups is 1. The molecule has 1 aromatic heterocycles. The molecule has 2 saturated carbocycles. The Labute approximate surface area is 143 Å². The molecule has 2 aliphatic carbocycles. The number of ketones is 1. The van der Waals surface area contributed by atoms with Crippen LogP contribution in [0.5, 0.6) is 0 Å². The molecule has 0 spiro atoms. The average molecular weight is 345 g/mol. The van der Waals surface area contributed by atoms with Crippen molar-refractivity contribution in [2.45, 2.75) is 44.0 Å². The van der Waals surface area contributed by atoms with E-state index in [1.54, 1.807) is 6.07 Å². The highest BCUT2D eigenvalue weighted by atomic mass is 32.2. The number of hydrogen-bond acceptors (Lipinski definition) is 5. The molecule has 1 aromatic carbocycles. The zero-order valence-electron chi connectivity index (χ0n) is 13.8. The number of non-ortho nitro benzene ring substituents is 1. The van der Waals surface area contributed by atoms with E-state index in [0.29, 0.717) is 22.0 Å². The predicted octanol–water partition coefficient (Wildman–Crippen LogP) is 3.96. The molecule has 6 nitrogen and oxygen atoms in total. The zero-order chi connectivity index (χ0) is 17.3. The Hall–Kier alpha value is -1.89. The van der Waals surface area contributed by atoms with Crippen molar-refractivity contribution in [1.29, 1.82) is 0 Å². The van der Waals surface area contributed by atoms with E-state index in [1.165, 1.54) is 23.9 Å². The van der Waals surface area contributed by atoms with Gasteiger partial charge in [0, 0.05) is 18.1 Å². The van der Waals surface area contributed by atoms with E-state index < -0.39 is 4.92 Å². The van der Waals surface area contributed by atoms with Crippen molar-refractivity contribution < 1.29 is 9.72 Å². The highest BCUT2D eigenvalue weighted by Crippen LogP contribution is 2.67. The second kappa shape index (κ2) is 4.81. The molecular weight excluding hydrogens is 326 g/mol. The van der Waals surface area contributed by atoms with Crippen molar-refractivity contribution in [2.75, 3.05) is 0 Å². The van der Waals surface area contributed by atoms with Gasteiger partial charge in [-0.1, -0.05) is 32.5 Å². The lowest BCUT2D eigenvalue weighted by molar-refractivity contribution is -0.384. The molecule has 4 rings (SSSR count). The largest absolute Gasteiger partial charge is 0.333 e. The predicted molar refractivity (Wildman–Crippen MR) is 92.0 cm³/mol. The molecule has 3 atom stereocenters. The average Bonchev–Trinajstić information content (AvgIpc) is 3.05. The van der Waals surface area contributed by atoms with Crippen LogP contribution in [0.15, 0.2) is 23.4 Å². The number of aromatic nitrogens is 2. The summed E-state index contributed by atoms with van der Waals surface area (Å²) >= 11 is 1.48. The molecule has 126 valence electrons. The summed E-state index contributed by atoms with van der Waals surface area (Å²) in [5.41, 5.74) is 1.32. The van der Waals surface area contributed by atoms with E-state index in [-0.39, 0.29) is 27.7 Å². The molecule has 2 fully saturated rings. The van der Waals surface area contributed by atoms with Gasteiger partial charge in [-0.25, -0.2) is 4.98 Å². The number of nitro benzene ring substituents is 1. The summed E-state index contributed by atoms with van der Waals surface area (Å²) in [5, 5.41) is 11.4. The van der Waals surface area contributed by atoms with E-state index in [9.17, 15) is 14.9 Å². The van der Waals surface area contributed by atoms with Crippen molar-refractivity contribution in [3.05, 3.63) is 28.3 Å². The van der Waals surface area contributed by atoms with Crippen molar-refractivity contribution in [1.82, 2.24) is 9.97 Å². The van der Waals surface area contributed by atoms with Gasteiger partial charge < -0.3 is 4.98 Å². The van der Waals surface area contributed by atoms with Crippen LogP contribution < -0.4 is 0 Å². The summed E-state index contributed by atoms with van der Waals surface area (Å²) in [6, 6.07) is 4.58. The maximum Gasteiger partial charge on any atom is 0.271 e. The topological polar surface area (TPSA) is 88.9 Å². The minimum absolute atomic E-state index is 0.00650. The number of hydrogen-bond donors (Lipinski definition) is 1. The number of benzene rings is 1. The molecule has 0 unspecified atom stereocenters. The van der Waals surface area contributed by atoms with Gasteiger partial charge in [0.1, 0.15) is 5.78 Å². The molecule has 0 radical (unpaired) electrons. The number of thioether (sulfide) groups is 1. The molecule has 1 N–H and O–H groups in total. The number of aromatic amines is 1. The first-order valence-corrected chi connectivity index (χ1v) is 8.96. The molecule has 2 aromatic rings. The summed E-state index contributed by atoms with van der Waals surface area (Å²) in [7, 11) is 0. The third-order valence-corrected chi connectivity index (χ3v) is 7.76. The summed E-state index contributed by atoms with van der Waals surface area (Å²) in [6.45, 7) is 6.61. The molecule has 2 bridgehead atoms. The SMILES string of the molecule is CC1(C)[C@H]2CC[C@]1(C)[C@H](Sc1nc3ccc([N+](=O)[O-])cc3[nH]1)C2=O. The Morgan fingerprint density at radius 1 is 1.38 bits per heavy atom. The normalized spacial score (nSPS) is 31.0. The molecular formula is C17H19N3O3S. The maximum atomic E-state index is 12.8. The standard InChI is InChI=1S/C17H19N3O3S/c1-16(2)10-6-7-17(16,3)14(13(10)21)24-15-18-11-5-4-9(20(22)23)8-12(11)19-15/h4-5,8,10,14H,6-7H2,1-3H3,(H,18,19)/t10-,14+,17+/m0/s1. The number of carbonyl (C=O) groups excluding carboxylic acids is 1. The van der Waals surface area contributed by atoms with E-state index in [1.807, 2.05) is 0 Å². The highest BCUT2D eigenvalue weighted by molar-refractivity contribution is 8.00. The number of fused-ring (bicyclic) bond motifs is 3. The van der Waals surface area contributed by atoms with Crippen molar-refractivity contribution in [2.24, 2.45) is 16.7 Å². The summed E-state index contributed by atoms with van der Waals surface area (Å²) < 4.78 is 0. The zero-order valence-corrected chi connectivity index (χ0v) is 14.6. The van der Waals surface area contributed by atoms with E-state index in [2.05, 4.69) is 30.7 Å². The lowest BCUT2D eigenvalue weighted by atomic mass is 9.71. The van der Waals surface area contributed by atoms with Gasteiger partial charge in [0.15, 0.2) is 5.16 Å². The van der Waals surface area contributed by atoms with Gasteiger partial charge in [-0.2, -0.15) is 0 Å². The first-order chi connectivity index (χ1) is 11.2. The first kappa shape index (κ1) is 15.6. The number of nitro groups is 1. The highest BCUT2D eigenvalue weighted by Gasteiger charge is 2.66. The first-order valence-electron chi connectivity index (χ1n) is 8.08. The van der Waals surface area contributed by atoms with Gasteiger partial charge in [-0.05, 0) is 29.7 Å².